The van der Waals surface area contributed by atoms with Crippen molar-refractivity contribution in [1.82, 2.24) is 25.4 Å². The molecule has 28 heavy (non-hydrogen) atoms. The lowest BCUT2D eigenvalue weighted by Gasteiger charge is -2.07. The fourth-order valence-electron chi connectivity index (χ4n) is 2.10. The Labute approximate surface area is 171 Å². The lowest BCUT2D eigenvalue weighted by molar-refractivity contribution is -0.384. The maximum absolute atomic E-state index is 12.0. The minimum atomic E-state index is -0.611. The van der Waals surface area contributed by atoms with Crippen molar-refractivity contribution in [1.29, 1.82) is 0 Å². The van der Waals surface area contributed by atoms with E-state index in [1.807, 2.05) is 0 Å². The van der Waals surface area contributed by atoms with Crippen molar-refractivity contribution in [2.45, 2.75) is 5.16 Å². The molecule has 0 aliphatic carbocycles. The predicted octanol–water partition coefficient (Wildman–Crippen LogP) is 2.50. The molecule has 0 bridgehead atoms. The van der Waals surface area contributed by atoms with Crippen LogP contribution in [0.2, 0.25) is 10.0 Å². The number of carbonyl (C=O) groups is 2. The number of amides is 2. The van der Waals surface area contributed by atoms with Crippen LogP contribution in [0.25, 0.3) is 5.65 Å². The van der Waals surface area contributed by atoms with Crippen molar-refractivity contribution >= 4 is 58.1 Å². The Bertz CT molecular complexity index is 1070. The van der Waals surface area contributed by atoms with E-state index in [2.05, 4.69) is 21.0 Å². The van der Waals surface area contributed by atoms with Crippen LogP contribution in [-0.4, -0.2) is 37.1 Å². The Morgan fingerprint density at radius 1 is 1.18 bits per heavy atom. The Kier molecular flexibility index (Phi) is 5.97. The van der Waals surface area contributed by atoms with E-state index in [-0.39, 0.29) is 17.0 Å². The molecule has 0 aliphatic heterocycles. The maximum Gasteiger partial charge on any atom is 0.269 e. The van der Waals surface area contributed by atoms with Gasteiger partial charge in [-0.2, -0.15) is 0 Å². The van der Waals surface area contributed by atoms with E-state index in [0.29, 0.717) is 20.8 Å². The lowest BCUT2D eigenvalue weighted by atomic mass is 10.2. The summed E-state index contributed by atoms with van der Waals surface area (Å²) < 4.78 is 1.55. The number of nitro benzene ring substituents is 1. The summed E-state index contributed by atoms with van der Waals surface area (Å²) in [5.41, 5.74) is 4.90. The van der Waals surface area contributed by atoms with Crippen molar-refractivity contribution in [3.05, 3.63) is 62.3 Å². The lowest BCUT2D eigenvalue weighted by Crippen LogP contribution is -2.42. The number of hydrogen-bond donors (Lipinski definition) is 2. The van der Waals surface area contributed by atoms with Crippen molar-refractivity contribution < 1.29 is 14.5 Å². The Morgan fingerprint density at radius 2 is 1.89 bits per heavy atom. The number of thioether (sulfide) groups is 1. The minimum absolute atomic E-state index is 0.0640. The Hall–Kier alpha value is -2.89. The number of nitrogens with zero attached hydrogens (tertiary/aromatic N) is 4. The summed E-state index contributed by atoms with van der Waals surface area (Å²) >= 11 is 13.0. The first-order valence-corrected chi connectivity index (χ1v) is 9.25. The number of carbonyl (C=O) groups excluding carboxylic acids is 2. The van der Waals surface area contributed by atoms with E-state index in [0.717, 1.165) is 11.8 Å². The highest BCUT2D eigenvalue weighted by Crippen LogP contribution is 2.25. The second-order valence-corrected chi connectivity index (χ2v) is 7.06. The summed E-state index contributed by atoms with van der Waals surface area (Å²) in [6.07, 6.45) is 1.57. The van der Waals surface area contributed by atoms with E-state index >= 15 is 0 Å². The van der Waals surface area contributed by atoms with Gasteiger partial charge >= 0.3 is 0 Å². The van der Waals surface area contributed by atoms with Gasteiger partial charge in [0.2, 0.25) is 5.91 Å². The zero-order valence-electron chi connectivity index (χ0n) is 13.8. The highest BCUT2D eigenvalue weighted by molar-refractivity contribution is 7.99. The van der Waals surface area contributed by atoms with Gasteiger partial charge in [-0.3, -0.25) is 35.0 Å². The quantitative estimate of drug-likeness (QED) is 0.353. The number of halogens is 2. The summed E-state index contributed by atoms with van der Waals surface area (Å²) in [6, 6.07) is 6.48. The van der Waals surface area contributed by atoms with Gasteiger partial charge in [-0.15, -0.1) is 10.2 Å². The maximum atomic E-state index is 12.0. The highest BCUT2D eigenvalue weighted by atomic mass is 35.5. The van der Waals surface area contributed by atoms with Gasteiger partial charge < -0.3 is 0 Å². The van der Waals surface area contributed by atoms with Crippen LogP contribution in [-0.2, 0) is 4.79 Å². The molecule has 3 rings (SSSR count). The molecule has 2 amide bonds. The fraction of sp³-hybridized carbons (Fsp3) is 0.0667. The summed E-state index contributed by atoms with van der Waals surface area (Å²) in [4.78, 5) is 33.9. The Balaban J connectivity index is 1.55. The van der Waals surface area contributed by atoms with Gasteiger partial charge in [-0.25, -0.2) is 0 Å². The van der Waals surface area contributed by atoms with Crippen molar-refractivity contribution in [2.24, 2.45) is 0 Å². The molecule has 0 radical (unpaired) electrons. The first kappa shape index (κ1) is 19.9. The van der Waals surface area contributed by atoms with Gasteiger partial charge in [-0.1, -0.05) is 35.0 Å². The monoisotopic (exact) mass is 440 g/mol. The number of nitrogens with one attached hydrogen (secondary N) is 2. The van der Waals surface area contributed by atoms with Gasteiger partial charge in [0.15, 0.2) is 10.8 Å². The van der Waals surface area contributed by atoms with Crippen LogP contribution in [0.4, 0.5) is 5.69 Å². The zero-order valence-corrected chi connectivity index (χ0v) is 16.1. The normalized spacial score (nSPS) is 10.6. The van der Waals surface area contributed by atoms with E-state index in [4.69, 9.17) is 23.2 Å². The third kappa shape index (κ3) is 4.50. The van der Waals surface area contributed by atoms with E-state index < -0.39 is 16.7 Å². The number of hydrogen-bond acceptors (Lipinski definition) is 7. The van der Waals surface area contributed by atoms with E-state index in [1.165, 1.54) is 30.3 Å². The van der Waals surface area contributed by atoms with Crippen LogP contribution >= 0.6 is 35.0 Å². The molecule has 144 valence electrons. The van der Waals surface area contributed by atoms with Crippen LogP contribution < -0.4 is 10.9 Å². The topological polar surface area (TPSA) is 132 Å². The van der Waals surface area contributed by atoms with Crippen molar-refractivity contribution in [3.8, 4) is 0 Å². The summed E-state index contributed by atoms with van der Waals surface area (Å²) in [5, 5.41) is 19.6. The molecule has 0 atom stereocenters. The van der Waals surface area contributed by atoms with E-state index in [9.17, 15) is 19.7 Å². The molecular weight excluding hydrogens is 431 g/mol. The average Bonchev–Trinajstić information content (AvgIpc) is 3.07. The van der Waals surface area contributed by atoms with Crippen LogP contribution in [0.1, 0.15) is 10.4 Å². The molecule has 13 heteroatoms. The molecule has 2 N–H and O–H groups in total. The number of rotatable bonds is 5. The standard InChI is InChI=1S/C15H10Cl2N6O4S/c16-9-5-11(17)13-19-21-15(22(13)6-9)28-7-12(24)18-20-14(25)8-1-3-10(4-2-8)23(26)27/h1-6H,7H2,(H,18,24)(H,20,25). The second kappa shape index (κ2) is 8.42. The number of benzene rings is 1. The van der Waals surface area contributed by atoms with Crippen LogP contribution in [0, 0.1) is 10.1 Å². The summed E-state index contributed by atoms with van der Waals surface area (Å²) in [5.74, 6) is -1.17. The van der Waals surface area contributed by atoms with E-state index in [1.54, 1.807) is 10.6 Å². The molecule has 0 unspecified atom stereocenters. The van der Waals surface area contributed by atoms with Crippen LogP contribution in [0.15, 0.2) is 41.7 Å². The molecule has 0 aliphatic rings. The van der Waals surface area contributed by atoms with Gasteiger partial charge in [0.05, 0.1) is 20.7 Å². The molecule has 2 aromatic heterocycles. The number of fused-ring (bicyclic) bond motifs is 1. The van der Waals surface area contributed by atoms with Gasteiger partial charge in [0, 0.05) is 23.9 Å². The predicted molar refractivity (Wildman–Crippen MR) is 102 cm³/mol. The smallest absolute Gasteiger partial charge is 0.269 e. The van der Waals surface area contributed by atoms with Crippen LogP contribution in [0.5, 0.6) is 0 Å². The first-order chi connectivity index (χ1) is 13.3. The third-order valence-electron chi connectivity index (χ3n) is 3.38. The SMILES string of the molecule is O=C(CSc1nnc2c(Cl)cc(Cl)cn12)NNC(=O)c1ccc([N+](=O)[O-])cc1. The van der Waals surface area contributed by atoms with Gasteiger partial charge in [0.1, 0.15) is 0 Å². The summed E-state index contributed by atoms with van der Waals surface area (Å²) in [6.45, 7) is 0. The molecule has 2 heterocycles. The minimum Gasteiger partial charge on any atom is -0.275 e. The van der Waals surface area contributed by atoms with Crippen LogP contribution in [0.3, 0.4) is 0 Å². The number of aromatic nitrogens is 3. The van der Waals surface area contributed by atoms with Gasteiger partial charge in [0.25, 0.3) is 11.6 Å². The molecule has 3 aromatic rings. The van der Waals surface area contributed by atoms with Gasteiger partial charge in [-0.05, 0) is 18.2 Å². The zero-order chi connectivity index (χ0) is 20.3. The average molecular weight is 441 g/mol. The summed E-state index contributed by atoms with van der Waals surface area (Å²) in [7, 11) is 0. The highest BCUT2D eigenvalue weighted by Gasteiger charge is 2.14. The number of non-ortho nitro benzene ring substituents is 1. The Morgan fingerprint density at radius 3 is 2.57 bits per heavy atom. The molecule has 10 nitrogen and oxygen atoms in total. The molecule has 1 aromatic carbocycles. The number of hydrazine groups is 1. The first-order valence-electron chi connectivity index (χ1n) is 7.51. The molecule has 0 spiro atoms. The second-order valence-electron chi connectivity index (χ2n) is 5.28. The largest absolute Gasteiger partial charge is 0.275 e. The number of pyridine rings is 1. The number of nitro groups is 1. The molecule has 0 saturated carbocycles. The molecule has 0 fully saturated rings. The third-order valence-corrected chi connectivity index (χ3v) is 4.81. The molecule has 0 saturated heterocycles. The van der Waals surface area contributed by atoms with Crippen molar-refractivity contribution in [3.63, 3.8) is 0 Å². The molecular formula is C15H10Cl2N6O4S. The fourth-order valence-corrected chi connectivity index (χ4v) is 3.32. The van der Waals surface area contributed by atoms with Crippen molar-refractivity contribution in [2.75, 3.05) is 5.75 Å².